The van der Waals surface area contributed by atoms with Crippen molar-refractivity contribution in [1.29, 1.82) is 0 Å². The van der Waals surface area contributed by atoms with Crippen molar-refractivity contribution in [2.24, 2.45) is 5.73 Å². The minimum Gasteiger partial charge on any atom is -0.490 e. The fourth-order valence-corrected chi connectivity index (χ4v) is 2.80. The van der Waals surface area contributed by atoms with Crippen LogP contribution in [-0.2, 0) is 0 Å². The van der Waals surface area contributed by atoms with Crippen molar-refractivity contribution in [3.8, 4) is 11.5 Å². The Morgan fingerprint density at radius 2 is 1.95 bits per heavy atom. The first-order chi connectivity index (χ1) is 9.24. The smallest absolute Gasteiger partial charge is 0.162 e. The van der Waals surface area contributed by atoms with Crippen LogP contribution >= 0.6 is 22.9 Å². The zero-order valence-electron chi connectivity index (χ0n) is 10.6. The van der Waals surface area contributed by atoms with Gasteiger partial charge >= 0.3 is 0 Å². The third kappa shape index (κ3) is 3.62. The number of rotatable bonds is 6. The fourth-order valence-electron chi connectivity index (χ4n) is 1.70. The number of para-hydroxylation sites is 2. The van der Waals surface area contributed by atoms with Crippen LogP contribution in [0.2, 0.25) is 4.34 Å². The maximum Gasteiger partial charge on any atom is 0.162 e. The Morgan fingerprint density at radius 3 is 2.53 bits per heavy atom. The molecule has 1 aromatic heterocycles. The number of ether oxygens (including phenoxy) is 2. The lowest BCUT2D eigenvalue weighted by Crippen LogP contribution is -2.17. The van der Waals surface area contributed by atoms with Gasteiger partial charge in [0.25, 0.3) is 0 Å². The molecule has 2 aromatic rings. The van der Waals surface area contributed by atoms with E-state index in [1.165, 1.54) is 11.3 Å². The number of halogens is 1. The van der Waals surface area contributed by atoms with Crippen LogP contribution in [0.25, 0.3) is 0 Å². The molecule has 19 heavy (non-hydrogen) atoms. The van der Waals surface area contributed by atoms with E-state index in [4.69, 9.17) is 26.8 Å². The van der Waals surface area contributed by atoms with Gasteiger partial charge in [-0.1, -0.05) is 23.7 Å². The minimum absolute atomic E-state index is 0.209. The van der Waals surface area contributed by atoms with Crippen LogP contribution in [0.1, 0.15) is 17.9 Å². The molecule has 3 nitrogen and oxygen atoms in total. The van der Waals surface area contributed by atoms with Gasteiger partial charge in [-0.3, -0.25) is 0 Å². The van der Waals surface area contributed by atoms with Gasteiger partial charge in [0.1, 0.15) is 6.10 Å². The highest BCUT2D eigenvalue weighted by atomic mass is 35.5. The molecule has 0 bridgehead atoms. The molecule has 2 N–H and O–H groups in total. The summed E-state index contributed by atoms with van der Waals surface area (Å²) in [5.41, 5.74) is 5.78. The lowest BCUT2D eigenvalue weighted by molar-refractivity contribution is 0.203. The van der Waals surface area contributed by atoms with E-state index in [-0.39, 0.29) is 6.10 Å². The van der Waals surface area contributed by atoms with Gasteiger partial charge in [0.2, 0.25) is 0 Å². The molecule has 0 spiro atoms. The number of nitrogens with two attached hydrogens (primary N) is 1. The number of benzene rings is 1. The zero-order chi connectivity index (χ0) is 13.7. The molecule has 2 rings (SSSR count). The molecule has 0 aliphatic carbocycles. The largest absolute Gasteiger partial charge is 0.490 e. The molecule has 0 saturated carbocycles. The van der Waals surface area contributed by atoms with E-state index in [9.17, 15) is 0 Å². The highest BCUT2D eigenvalue weighted by molar-refractivity contribution is 7.16. The third-order valence-corrected chi connectivity index (χ3v) is 3.87. The summed E-state index contributed by atoms with van der Waals surface area (Å²) >= 11 is 7.42. The Kier molecular flexibility index (Phi) is 5.07. The number of hydrogen-bond donors (Lipinski definition) is 1. The highest BCUT2D eigenvalue weighted by Gasteiger charge is 2.16. The molecule has 0 saturated heterocycles. The van der Waals surface area contributed by atoms with E-state index in [1.807, 2.05) is 43.3 Å². The molecule has 0 radical (unpaired) electrons. The van der Waals surface area contributed by atoms with Crippen LogP contribution in [0.4, 0.5) is 0 Å². The Labute approximate surface area is 121 Å². The van der Waals surface area contributed by atoms with Gasteiger partial charge in [0, 0.05) is 11.4 Å². The van der Waals surface area contributed by atoms with Crippen LogP contribution < -0.4 is 15.2 Å². The van der Waals surface area contributed by atoms with E-state index in [0.717, 1.165) is 15.0 Å². The second-order valence-corrected chi connectivity index (χ2v) is 5.61. The van der Waals surface area contributed by atoms with Crippen molar-refractivity contribution >= 4 is 22.9 Å². The first kappa shape index (κ1) is 14.2. The lowest BCUT2D eigenvalue weighted by atomic mass is 10.2. The summed E-state index contributed by atoms with van der Waals surface area (Å²) in [6.07, 6.45) is -0.209. The SMILES string of the molecule is CCOc1ccccc1OC(CN)c1ccc(Cl)s1. The maximum atomic E-state index is 5.95. The van der Waals surface area contributed by atoms with Crippen LogP contribution in [0.5, 0.6) is 11.5 Å². The summed E-state index contributed by atoms with van der Waals surface area (Å²) in [6.45, 7) is 2.92. The molecule has 1 aromatic carbocycles. The van der Waals surface area contributed by atoms with Crippen molar-refractivity contribution < 1.29 is 9.47 Å². The summed E-state index contributed by atoms with van der Waals surface area (Å²) in [7, 11) is 0. The van der Waals surface area contributed by atoms with Crippen molar-refractivity contribution in [2.45, 2.75) is 13.0 Å². The molecular formula is C14H16ClNO2S. The van der Waals surface area contributed by atoms with Gasteiger partial charge in [0.15, 0.2) is 11.5 Å². The third-order valence-electron chi connectivity index (χ3n) is 2.54. The number of hydrogen-bond acceptors (Lipinski definition) is 4. The van der Waals surface area contributed by atoms with E-state index in [2.05, 4.69) is 0 Å². The second kappa shape index (κ2) is 6.80. The normalized spacial score (nSPS) is 12.2. The molecule has 1 atom stereocenters. The summed E-state index contributed by atoms with van der Waals surface area (Å²) in [5, 5.41) is 0. The maximum absolute atomic E-state index is 5.95. The first-order valence-electron chi connectivity index (χ1n) is 6.08. The van der Waals surface area contributed by atoms with E-state index < -0.39 is 0 Å². The Bertz CT molecular complexity index is 530. The molecule has 0 aliphatic rings. The van der Waals surface area contributed by atoms with Crippen molar-refractivity contribution in [3.05, 3.63) is 45.6 Å². The van der Waals surface area contributed by atoms with Crippen LogP contribution in [-0.4, -0.2) is 13.2 Å². The molecule has 1 heterocycles. The highest BCUT2D eigenvalue weighted by Crippen LogP contribution is 2.33. The van der Waals surface area contributed by atoms with Gasteiger partial charge in [-0.2, -0.15) is 0 Å². The van der Waals surface area contributed by atoms with E-state index >= 15 is 0 Å². The van der Waals surface area contributed by atoms with Gasteiger partial charge in [-0.25, -0.2) is 0 Å². The standard InChI is InChI=1S/C14H16ClNO2S/c1-2-17-10-5-3-4-6-11(10)18-12(9-16)13-7-8-14(15)19-13/h3-8,12H,2,9,16H2,1H3. The van der Waals surface area contributed by atoms with Crippen molar-refractivity contribution in [1.82, 2.24) is 0 Å². The zero-order valence-corrected chi connectivity index (χ0v) is 12.2. The average molecular weight is 298 g/mol. The van der Waals surface area contributed by atoms with Crippen molar-refractivity contribution in [3.63, 3.8) is 0 Å². The van der Waals surface area contributed by atoms with Gasteiger partial charge < -0.3 is 15.2 Å². The minimum atomic E-state index is -0.209. The monoisotopic (exact) mass is 297 g/mol. The van der Waals surface area contributed by atoms with Gasteiger partial charge in [-0.05, 0) is 31.2 Å². The lowest BCUT2D eigenvalue weighted by Gasteiger charge is -2.18. The summed E-state index contributed by atoms with van der Waals surface area (Å²) < 4.78 is 12.2. The molecule has 5 heteroatoms. The van der Waals surface area contributed by atoms with Crippen LogP contribution in [0, 0.1) is 0 Å². The Hall–Kier alpha value is -1.23. The first-order valence-corrected chi connectivity index (χ1v) is 7.27. The van der Waals surface area contributed by atoms with Crippen LogP contribution in [0.3, 0.4) is 0 Å². The number of thiophene rings is 1. The molecule has 0 fully saturated rings. The fraction of sp³-hybridized carbons (Fsp3) is 0.286. The summed E-state index contributed by atoms with van der Waals surface area (Å²) in [4.78, 5) is 1.01. The predicted molar refractivity (Wildman–Crippen MR) is 79.4 cm³/mol. The predicted octanol–water partition coefficient (Wildman–Crippen LogP) is 3.88. The van der Waals surface area contributed by atoms with E-state index in [0.29, 0.717) is 18.9 Å². The average Bonchev–Trinajstić information content (AvgIpc) is 2.84. The van der Waals surface area contributed by atoms with Crippen LogP contribution in [0.15, 0.2) is 36.4 Å². The molecule has 1 unspecified atom stereocenters. The summed E-state index contributed by atoms with van der Waals surface area (Å²) in [5.74, 6) is 1.43. The summed E-state index contributed by atoms with van der Waals surface area (Å²) in [6, 6.07) is 11.4. The van der Waals surface area contributed by atoms with E-state index in [1.54, 1.807) is 0 Å². The topological polar surface area (TPSA) is 44.5 Å². The molecular weight excluding hydrogens is 282 g/mol. The van der Waals surface area contributed by atoms with Crippen molar-refractivity contribution in [2.75, 3.05) is 13.2 Å². The molecule has 0 amide bonds. The van der Waals surface area contributed by atoms with Gasteiger partial charge in [0.05, 0.1) is 10.9 Å². The quantitative estimate of drug-likeness (QED) is 0.880. The Morgan fingerprint density at radius 1 is 1.21 bits per heavy atom. The second-order valence-electron chi connectivity index (χ2n) is 3.86. The Balaban J connectivity index is 2.18. The molecule has 0 aliphatic heterocycles. The molecule has 102 valence electrons. The van der Waals surface area contributed by atoms with Gasteiger partial charge in [-0.15, -0.1) is 11.3 Å².